The fraction of sp³-hybridized carbons (Fsp3) is 0.588. The molecule has 1 amide bonds. The largest absolute Gasteiger partial charge is 0.396 e. The van der Waals surface area contributed by atoms with Gasteiger partial charge in [0.2, 0.25) is 0 Å². The molecule has 0 aliphatic carbocycles. The maximum atomic E-state index is 12.5. The third kappa shape index (κ3) is 4.46. The van der Waals surface area contributed by atoms with Crippen LogP contribution in [0.2, 0.25) is 0 Å². The van der Waals surface area contributed by atoms with Crippen molar-refractivity contribution in [2.75, 3.05) is 31.6 Å². The normalized spacial score (nSPS) is 18.6. The van der Waals surface area contributed by atoms with E-state index in [0.29, 0.717) is 5.92 Å². The van der Waals surface area contributed by atoms with Crippen molar-refractivity contribution in [1.82, 2.24) is 4.90 Å². The number of hydrogen-bond acceptors (Lipinski definition) is 3. The number of hydrogen-bond donors (Lipinski definition) is 2. The molecular formula is C17H26N2O2. The average Bonchev–Trinajstić information content (AvgIpc) is 2.53. The molecule has 4 nitrogen and oxygen atoms in total. The summed E-state index contributed by atoms with van der Waals surface area (Å²) in [5.41, 5.74) is 1.81. The van der Waals surface area contributed by atoms with E-state index in [0.717, 1.165) is 56.6 Å². The Labute approximate surface area is 127 Å². The first-order valence-electron chi connectivity index (χ1n) is 7.98. The van der Waals surface area contributed by atoms with Gasteiger partial charge in [0.1, 0.15) is 0 Å². The number of rotatable bonds is 6. The number of nitrogens with one attached hydrogen (secondary N) is 1. The Hall–Kier alpha value is -1.55. The monoisotopic (exact) mass is 290 g/mol. The van der Waals surface area contributed by atoms with E-state index in [4.69, 9.17) is 5.11 Å². The van der Waals surface area contributed by atoms with Gasteiger partial charge in [-0.1, -0.05) is 6.92 Å². The maximum absolute atomic E-state index is 12.5. The SMILES string of the molecule is CCCNc1ccc(C(=O)N2CCCC(CCO)C2)cc1. The van der Waals surface area contributed by atoms with Crippen LogP contribution in [0.4, 0.5) is 5.69 Å². The van der Waals surface area contributed by atoms with Gasteiger partial charge in [-0.25, -0.2) is 0 Å². The van der Waals surface area contributed by atoms with E-state index in [2.05, 4.69) is 12.2 Å². The van der Waals surface area contributed by atoms with Crippen LogP contribution in [0.3, 0.4) is 0 Å². The molecule has 0 aromatic heterocycles. The summed E-state index contributed by atoms with van der Waals surface area (Å²) in [7, 11) is 0. The van der Waals surface area contributed by atoms with E-state index in [1.165, 1.54) is 0 Å². The molecule has 116 valence electrons. The molecule has 0 radical (unpaired) electrons. The molecule has 1 heterocycles. The smallest absolute Gasteiger partial charge is 0.253 e. The molecule has 1 unspecified atom stereocenters. The zero-order valence-corrected chi connectivity index (χ0v) is 12.8. The number of carbonyl (C=O) groups excluding carboxylic acids is 1. The third-order valence-corrected chi connectivity index (χ3v) is 4.05. The van der Waals surface area contributed by atoms with Crippen molar-refractivity contribution in [2.24, 2.45) is 5.92 Å². The standard InChI is InChI=1S/C17H26N2O2/c1-2-10-18-16-7-5-15(6-8-16)17(21)19-11-3-4-14(13-19)9-12-20/h5-8,14,18,20H,2-4,9-13H2,1H3. The lowest BCUT2D eigenvalue weighted by Gasteiger charge is -2.32. The molecular weight excluding hydrogens is 264 g/mol. The molecule has 21 heavy (non-hydrogen) atoms. The average molecular weight is 290 g/mol. The van der Waals surface area contributed by atoms with Gasteiger partial charge in [0.05, 0.1) is 0 Å². The van der Waals surface area contributed by atoms with Crippen LogP contribution in [0.15, 0.2) is 24.3 Å². The Balaban J connectivity index is 1.95. The van der Waals surface area contributed by atoms with Crippen molar-refractivity contribution < 1.29 is 9.90 Å². The molecule has 0 bridgehead atoms. The van der Waals surface area contributed by atoms with Crippen molar-refractivity contribution in [3.63, 3.8) is 0 Å². The zero-order valence-electron chi connectivity index (χ0n) is 12.8. The second kappa shape index (κ2) is 8.03. The fourth-order valence-electron chi connectivity index (χ4n) is 2.85. The van der Waals surface area contributed by atoms with Crippen LogP contribution in [0, 0.1) is 5.92 Å². The first-order valence-corrected chi connectivity index (χ1v) is 7.98. The number of carbonyl (C=O) groups is 1. The van der Waals surface area contributed by atoms with Gasteiger partial charge in [-0.15, -0.1) is 0 Å². The fourth-order valence-corrected chi connectivity index (χ4v) is 2.85. The molecule has 2 rings (SSSR count). The molecule has 1 saturated heterocycles. The lowest BCUT2D eigenvalue weighted by Crippen LogP contribution is -2.40. The Morgan fingerprint density at radius 2 is 2.14 bits per heavy atom. The van der Waals surface area contributed by atoms with Crippen molar-refractivity contribution in [2.45, 2.75) is 32.6 Å². The minimum atomic E-state index is 0.111. The van der Waals surface area contributed by atoms with Crippen LogP contribution >= 0.6 is 0 Å². The minimum absolute atomic E-state index is 0.111. The number of amides is 1. The summed E-state index contributed by atoms with van der Waals surface area (Å²) in [5, 5.41) is 12.4. The highest BCUT2D eigenvalue weighted by atomic mass is 16.3. The summed E-state index contributed by atoms with van der Waals surface area (Å²) >= 11 is 0. The minimum Gasteiger partial charge on any atom is -0.396 e. The molecule has 1 fully saturated rings. The molecule has 1 aromatic carbocycles. The predicted octanol–water partition coefficient (Wildman–Crippen LogP) is 2.74. The Kier molecular flexibility index (Phi) is 6.05. The van der Waals surface area contributed by atoms with E-state index in [1.54, 1.807) is 0 Å². The van der Waals surface area contributed by atoms with Crippen molar-refractivity contribution in [3.05, 3.63) is 29.8 Å². The van der Waals surface area contributed by atoms with E-state index in [1.807, 2.05) is 29.2 Å². The number of aliphatic hydroxyl groups is 1. The van der Waals surface area contributed by atoms with Crippen LogP contribution in [0.1, 0.15) is 43.0 Å². The molecule has 1 atom stereocenters. The number of piperidine rings is 1. The molecule has 1 aromatic rings. The van der Waals surface area contributed by atoms with Gasteiger partial charge in [-0.3, -0.25) is 4.79 Å². The van der Waals surface area contributed by atoms with Gasteiger partial charge in [0, 0.05) is 37.5 Å². The van der Waals surface area contributed by atoms with E-state index in [9.17, 15) is 4.79 Å². The molecule has 1 aliphatic heterocycles. The quantitative estimate of drug-likeness (QED) is 0.847. The lowest BCUT2D eigenvalue weighted by atomic mass is 9.94. The van der Waals surface area contributed by atoms with Crippen molar-refractivity contribution in [3.8, 4) is 0 Å². The summed E-state index contributed by atoms with van der Waals surface area (Å²) in [6, 6.07) is 7.74. The topological polar surface area (TPSA) is 52.6 Å². The number of anilines is 1. The van der Waals surface area contributed by atoms with Gasteiger partial charge in [-0.05, 0) is 55.9 Å². The van der Waals surface area contributed by atoms with Crippen LogP contribution < -0.4 is 5.32 Å². The predicted molar refractivity (Wildman–Crippen MR) is 85.6 cm³/mol. The van der Waals surface area contributed by atoms with Crippen LogP contribution in [0.5, 0.6) is 0 Å². The lowest BCUT2D eigenvalue weighted by molar-refractivity contribution is 0.0653. The van der Waals surface area contributed by atoms with E-state index < -0.39 is 0 Å². The molecule has 4 heteroatoms. The van der Waals surface area contributed by atoms with Gasteiger partial charge in [0.15, 0.2) is 0 Å². The molecule has 2 N–H and O–H groups in total. The highest BCUT2D eigenvalue weighted by Crippen LogP contribution is 2.21. The number of aliphatic hydroxyl groups excluding tert-OH is 1. The van der Waals surface area contributed by atoms with E-state index in [-0.39, 0.29) is 12.5 Å². The van der Waals surface area contributed by atoms with Gasteiger partial charge >= 0.3 is 0 Å². The van der Waals surface area contributed by atoms with Crippen LogP contribution in [-0.2, 0) is 0 Å². The summed E-state index contributed by atoms with van der Waals surface area (Å²) in [4.78, 5) is 14.4. The maximum Gasteiger partial charge on any atom is 0.253 e. The van der Waals surface area contributed by atoms with Gasteiger partial charge in [0.25, 0.3) is 5.91 Å². The number of likely N-dealkylation sites (tertiary alicyclic amines) is 1. The highest BCUT2D eigenvalue weighted by Gasteiger charge is 2.23. The Morgan fingerprint density at radius 1 is 1.38 bits per heavy atom. The zero-order chi connectivity index (χ0) is 15.1. The van der Waals surface area contributed by atoms with E-state index >= 15 is 0 Å². The summed E-state index contributed by atoms with van der Waals surface area (Å²) in [6.07, 6.45) is 4.03. The summed E-state index contributed by atoms with van der Waals surface area (Å²) in [5.74, 6) is 0.554. The van der Waals surface area contributed by atoms with Gasteiger partial charge < -0.3 is 15.3 Å². The summed E-state index contributed by atoms with van der Waals surface area (Å²) < 4.78 is 0. The number of nitrogens with zero attached hydrogens (tertiary/aromatic N) is 1. The molecule has 1 aliphatic rings. The van der Waals surface area contributed by atoms with Crippen LogP contribution in [0.25, 0.3) is 0 Å². The van der Waals surface area contributed by atoms with Crippen LogP contribution in [-0.4, -0.2) is 42.2 Å². The highest BCUT2D eigenvalue weighted by molar-refractivity contribution is 5.94. The van der Waals surface area contributed by atoms with Gasteiger partial charge in [-0.2, -0.15) is 0 Å². The second-order valence-electron chi connectivity index (χ2n) is 5.78. The Bertz CT molecular complexity index is 443. The molecule has 0 saturated carbocycles. The Morgan fingerprint density at radius 3 is 2.81 bits per heavy atom. The second-order valence-corrected chi connectivity index (χ2v) is 5.78. The first-order chi connectivity index (χ1) is 10.2. The number of benzene rings is 1. The third-order valence-electron chi connectivity index (χ3n) is 4.05. The first kappa shape index (κ1) is 15.8. The summed E-state index contributed by atoms with van der Waals surface area (Å²) in [6.45, 7) is 4.89. The van der Waals surface area contributed by atoms with Crippen molar-refractivity contribution >= 4 is 11.6 Å². The molecule has 0 spiro atoms. The van der Waals surface area contributed by atoms with Crippen molar-refractivity contribution in [1.29, 1.82) is 0 Å².